The number of hydrogen-bond acceptors (Lipinski definition) is 6. The number of rotatable bonds is 8. The number of nitrogens with zero attached hydrogens (tertiary/aromatic N) is 4. The van der Waals surface area contributed by atoms with Gasteiger partial charge in [0.05, 0.1) is 35.8 Å². The van der Waals surface area contributed by atoms with E-state index in [-0.39, 0.29) is 17.8 Å². The molecule has 1 amide bonds. The van der Waals surface area contributed by atoms with Crippen LogP contribution in [0.4, 0.5) is 13.2 Å². The normalized spacial score (nSPS) is 12.3. The highest BCUT2D eigenvalue weighted by molar-refractivity contribution is 6.08. The van der Waals surface area contributed by atoms with Crippen molar-refractivity contribution in [1.82, 2.24) is 30.4 Å². The maximum Gasteiger partial charge on any atom is 0.433 e. The number of methoxy groups -OCH3 is 1. The predicted octanol–water partition coefficient (Wildman–Crippen LogP) is 5.72. The molecule has 0 saturated carbocycles. The van der Waals surface area contributed by atoms with E-state index >= 15 is 0 Å². The Bertz CT molecular complexity index is 1700. The van der Waals surface area contributed by atoms with Crippen molar-refractivity contribution in [2.75, 3.05) is 14.2 Å². The lowest BCUT2D eigenvalue weighted by Gasteiger charge is -2.15. The van der Waals surface area contributed by atoms with Gasteiger partial charge in [0, 0.05) is 30.6 Å². The molecule has 0 aliphatic heterocycles. The molecule has 0 saturated heterocycles. The summed E-state index contributed by atoms with van der Waals surface area (Å²) >= 11 is 0. The van der Waals surface area contributed by atoms with Gasteiger partial charge in [-0.25, -0.2) is 9.67 Å². The summed E-state index contributed by atoms with van der Waals surface area (Å²) in [5.74, 6) is 0.404. The Balaban J connectivity index is 1.51. The minimum absolute atomic E-state index is 0.0205. The monoisotopic (exact) mass is 560 g/mol. The Labute approximate surface area is 234 Å². The average molecular weight is 561 g/mol. The van der Waals surface area contributed by atoms with Gasteiger partial charge >= 0.3 is 6.18 Å². The van der Waals surface area contributed by atoms with Gasteiger partial charge < -0.3 is 15.4 Å². The van der Waals surface area contributed by atoms with Crippen molar-refractivity contribution in [3.8, 4) is 22.8 Å². The molecule has 0 aliphatic rings. The van der Waals surface area contributed by atoms with Gasteiger partial charge in [0.25, 0.3) is 5.91 Å². The quantitative estimate of drug-likeness (QED) is 0.252. The first-order valence-corrected chi connectivity index (χ1v) is 12.8. The summed E-state index contributed by atoms with van der Waals surface area (Å²) < 4.78 is 46.5. The van der Waals surface area contributed by atoms with Gasteiger partial charge in [-0.2, -0.15) is 18.3 Å². The van der Waals surface area contributed by atoms with Crippen LogP contribution in [0.25, 0.3) is 28.0 Å². The van der Waals surface area contributed by atoms with Crippen LogP contribution < -0.4 is 15.4 Å². The van der Waals surface area contributed by atoms with Crippen LogP contribution in [0.5, 0.6) is 5.75 Å². The molecule has 3 aromatic heterocycles. The molecule has 11 heteroatoms. The first-order chi connectivity index (χ1) is 19.7. The molecular weight excluding hydrogens is 533 g/mol. The molecule has 0 bridgehead atoms. The minimum atomic E-state index is -4.61. The van der Waals surface area contributed by atoms with Crippen molar-refractivity contribution in [2.45, 2.75) is 25.7 Å². The van der Waals surface area contributed by atoms with Crippen LogP contribution in [0.15, 0.2) is 79.0 Å². The number of carbonyl (C=O) groups excluding carboxylic acids is 1. The fraction of sp³-hybridized carbons (Fsp3) is 0.200. The van der Waals surface area contributed by atoms with Gasteiger partial charge in [-0.05, 0) is 61.0 Å². The topological polar surface area (TPSA) is 94.0 Å². The number of ether oxygens (including phenoxy) is 1. The van der Waals surface area contributed by atoms with Gasteiger partial charge in [0.2, 0.25) is 0 Å². The fourth-order valence-electron chi connectivity index (χ4n) is 4.45. The summed E-state index contributed by atoms with van der Waals surface area (Å²) in [6.45, 7) is 2.62. The summed E-state index contributed by atoms with van der Waals surface area (Å²) in [6.07, 6.45) is -3.17. The second-order valence-electron chi connectivity index (χ2n) is 9.37. The van der Waals surface area contributed by atoms with Crippen molar-refractivity contribution < 1.29 is 22.7 Å². The van der Waals surface area contributed by atoms with Crippen LogP contribution in [0.2, 0.25) is 0 Å². The SMILES string of the molecule is CNC(=O)c1cc(-c2cccc(C(C)NCc3ccc(OC)cc3)n2)cc2c1cnn2-c1cccc(C(F)(F)F)n1. The Kier molecular flexibility index (Phi) is 7.71. The third kappa shape index (κ3) is 5.90. The van der Waals surface area contributed by atoms with Crippen molar-refractivity contribution in [3.05, 3.63) is 102 Å². The Morgan fingerprint density at radius 3 is 2.49 bits per heavy atom. The third-order valence-corrected chi connectivity index (χ3v) is 6.68. The highest BCUT2D eigenvalue weighted by atomic mass is 19.4. The number of carbonyl (C=O) groups is 1. The lowest BCUT2D eigenvalue weighted by atomic mass is 10.0. The van der Waals surface area contributed by atoms with E-state index in [2.05, 4.69) is 20.7 Å². The Hall–Kier alpha value is -4.77. The molecule has 0 radical (unpaired) electrons. The molecule has 5 aromatic rings. The van der Waals surface area contributed by atoms with E-state index in [1.54, 1.807) is 19.2 Å². The second kappa shape index (κ2) is 11.4. The molecule has 5 rings (SSSR count). The van der Waals surface area contributed by atoms with Crippen LogP contribution in [0, 0.1) is 0 Å². The fourth-order valence-corrected chi connectivity index (χ4v) is 4.45. The van der Waals surface area contributed by atoms with Crippen molar-refractivity contribution in [3.63, 3.8) is 0 Å². The lowest BCUT2D eigenvalue weighted by Crippen LogP contribution is -2.19. The number of amides is 1. The smallest absolute Gasteiger partial charge is 0.433 e. The number of benzene rings is 2. The van der Waals surface area contributed by atoms with Gasteiger partial charge in [-0.15, -0.1) is 0 Å². The van der Waals surface area contributed by atoms with Gasteiger partial charge in [-0.1, -0.05) is 24.3 Å². The zero-order chi connectivity index (χ0) is 29.1. The number of fused-ring (bicyclic) bond motifs is 1. The van der Waals surface area contributed by atoms with Crippen LogP contribution in [0.3, 0.4) is 0 Å². The molecule has 8 nitrogen and oxygen atoms in total. The average Bonchev–Trinajstić information content (AvgIpc) is 3.43. The zero-order valence-corrected chi connectivity index (χ0v) is 22.5. The van der Waals surface area contributed by atoms with Crippen LogP contribution >= 0.6 is 0 Å². The first kappa shape index (κ1) is 27.8. The van der Waals surface area contributed by atoms with E-state index in [1.165, 1.54) is 30.1 Å². The van der Waals surface area contributed by atoms with E-state index < -0.39 is 11.9 Å². The Morgan fingerprint density at radius 1 is 1.02 bits per heavy atom. The largest absolute Gasteiger partial charge is 0.497 e. The molecule has 1 atom stereocenters. The van der Waals surface area contributed by atoms with E-state index in [0.29, 0.717) is 34.3 Å². The highest BCUT2D eigenvalue weighted by Crippen LogP contribution is 2.31. The standard InChI is InChI=1S/C30H27F3N6O2/c1-18(35-16-19-10-12-21(41-3)13-11-19)24-6-4-7-25(37-24)20-14-22(29(40)34-2)23-17-36-39(26(23)15-20)28-9-5-8-27(38-28)30(31,32)33/h4-15,17-18,35H,16H2,1-3H3,(H,34,40). The number of aromatic nitrogens is 4. The summed E-state index contributed by atoms with van der Waals surface area (Å²) in [5, 5.41) is 10.8. The molecule has 3 heterocycles. The number of pyridine rings is 2. The maximum absolute atomic E-state index is 13.3. The molecule has 0 fully saturated rings. The minimum Gasteiger partial charge on any atom is -0.497 e. The number of halogens is 3. The van der Waals surface area contributed by atoms with Gasteiger partial charge in [0.15, 0.2) is 5.82 Å². The van der Waals surface area contributed by atoms with E-state index in [4.69, 9.17) is 9.72 Å². The van der Waals surface area contributed by atoms with Crippen LogP contribution in [0.1, 0.15) is 40.3 Å². The van der Waals surface area contributed by atoms with Gasteiger partial charge in [-0.3, -0.25) is 9.78 Å². The molecular formula is C30H27F3N6O2. The molecule has 2 N–H and O–H groups in total. The predicted molar refractivity (Wildman–Crippen MR) is 149 cm³/mol. The Morgan fingerprint density at radius 2 is 1.78 bits per heavy atom. The molecule has 41 heavy (non-hydrogen) atoms. The van der Waals surface area contributed by atoms with Crippen molar-refractivity contribution in [1.29, 1.82) is 0 Å². The maximum atomic E-state index is 13.3. The number of alkyl halides is 3. The number of hydrogen-bond donors (Lipinski definition) is 2. The molecule has 1 unspecified atom stereocenters. The molecule has 0 spiro atoms. The third-order valence-electron chi connectivity index (χ3n) is 6.68. The van der Waals surface area contributed by atoms with Crippen LogP contribution in [-0.2, 0) is 12.7 Å². The highest BCUT2D eigenvalue weighted by Gasteiger charge is 2.32. The molecule has 2 aromatic carbocycles. The van der Waals surface area contributed by atoms with Crippen molar-refractivity contribution in [2.24, 2.45) is 0 Å². The van der Waals surface area contributed by atoms with E-state index in [0.717, 1.165) is 23.1 Å². The number of nitrogens with one attached hydrogen (secondary N) is 2. The molecule has 0 aliphatic carbocycles. The summed E-state index contributed by atoms with van der Waals surface area (Å²) in [5.41, 5.74) is 2.77. The summed E-state index contributed by atoms with van der Waals surface area (Å²) in [6, 6.07) is 20.3. The summed E-state index contributed by atoms with van der Waals surface area (Å²) in [7, 11) is 3.13. The van der Waals surface area contributed by atoms with Crippen LogP contribution in [-0.4, -0.2) is 39.8 Å². The zero-order valence-electron chi connectivity index (χ0n) is 22.5. The van der Waals surface area contributed by atoms with Gasteiger partial charge in [0.1, 0.15) is 11.4 Å². The van der Waals surface area contributed by atoms with Crippen molar-refractivity contribution >= 4 is 16.8 Å². The molecule has 210 valence electrons. The van der Waals surface area contributed by atoms with E-state index in [1.807, 2.05) is 49.4 Å². The first-order valence-electron chi connectivity index (χ1n) is 12.8. The van der Waals surface area contributed by atoms with E-state index in [9.17, 15) is 18.0 Å². The lowest BCUT2D eigenvalue weighted by molar-refractivity contribution is -0.141. The summed E-state index contributed by atoms with van der Waals surface area (Å²) in [4.78, 5) is 21.4. The second-order valence-corrected chi connectivity index (χ2v) is 9.37.